The number of imide groups is 1. The molecule has 1 heterocycles. The standard InChI is InChI=1S/C15H24N2O2/c18-14-10-13(16-9-8-11-6-7-11)15(19)17(14)12-4-2-1-3-5-12/h11-13,16H,1-10H2. The Labute approximate surface area is 114 Å². The van der Waals surface area contributed by atoms with Crippen LogP contribution in [-0.4, -0.2) is 35.3 Å². The minimum absolute atomic E-state index is 0.0349. The van der Waals surface area contributed by atoms with Crippen molar-refractivity contribution in [1.29, 1.82) is 0 Å². The number of rotatable bonds is 5. The molecule has 0 radical (unpaired) electrons. The minimum atomic E-state index is -0.242. The van der Waals surface area contributed by atoms with Crippen LogP contribution in [0.4, 0.5) is 0 Å². The lowest BCUT2D eigenvalue weighted by atomic mass is 9.94. The maximum Gasteiger partial charge on any atom is 0.247 e. The number of likely N-dealkylation sites (tertiary alicyclic amines) is 1. The van der Waals surface area contributed by atoms with Crippen molar-refractivity contribution in [3.05, 3.63) is 0 Å². The average Bonchev–Trinajstić information content (AvgIpc) is 3.18. The van der Waals surface area contributed by atoms with Gasteiger partial charge >= 0.3 is 0 Å². The molecule has 106 valence electrons. The topological polar surface area (TPSA) is 49.4 Å². The lowest BCUT2D eigenvalue weighted by molar-refractivity contribution is -0.142. The second kappa shape index (κ2) is 5.61. The number of hydrogen-bond acceptors (Lipinski definition) is 3. The molecule has 1 unspecified atom stereocenters. The molecule has 2 amide bonds. The summed E-state index contributed by atoms with van der Waals surface area (Å²) in [6, 6.07) is -0.0582. The molecule has 4 nitrogen and oxygen atoms in total. The van der Waals surface area contributed by atoms with E-state index < -0.39 is 0 Å². The first-order chi connectivity index (χ1) is 9.25. The Kier molecular flexibility index (Phi) is 3.87. The first-order valence-electron chi connectivity index (χ1n) is 7.85. The molecule has 1 aliphatic heterocycles. The van der Waals surface area contributed by atoms with Gasteiger partial charge < -0.3 is 5.32 Å². The molecule has 1 N–H and O–H groups in total. The number of amides is 2. The molecule has 2 saturated carbocycles. The second-order valence-corrected chi connectivity index (χ2v) is 6.34. The third kappa shape index (κ3) is 2.99. The van der Waals surface area contributed by atoms with Crippen molar-refractivity contribution in [2.24, 2.45) is 5.92 Å². The molecule has 3 fully saturated rings. The first-order valence-corrected chi connectivity index (χ1v) is 7.85. The summed E-state index contributed by atoms with van der Waals surface area (Å²) in [4.78, 5) is 26.0. The van der Waals surface area contributed by atoms with Gasteiger partial charge in [0.05, 0.1) is 12.5 Å². The quantitative estimate of drug-likeness (QED) is 0.771. The fraction of sp³-hybridized carbons (Fsp3) is 0.867. The van der Waals surface area contributed by atoms with Crippen molar-refractivity contribution < 1.29 is 9.59 Å². The third-order valence-corrected chi connectivity index (χ3v) is 4.76. The Morgan fingerprint density at radius 2 is 1.79 bits per heavy atom. The van der Waals surface area contributed by atoms with Gasteiger partial charge in [-0.25, -0.2) is 0 Å². The molecule has 2 aliphatic carbocycles. The SMILES string of the molecule is O=C1CC(NCCC2CC2)C(=O)N1C1CCCCC1. The van der Waals surface area contributed by atoms with Crippen LogP contribution in [0.5, 0.6) is 0 Å². The van der Waals surface area contributed by atoms with Gasteiger partial charge in [-0.3, -0.25) is 14.5 Å². The molecule has 4 heteroatoms. The summed E-state index contributed by atoms with van der Waals surface area (Å²) >= 11 is 0. The van der Waals surface area contributed by atoms with E-state index in [1.807, 2.05) is 0 Å². The van der Waals surface area contributed by atoms with Gasteiger partial charge in [-0.2, -0.15) is 0 Å². The highest BCUT2D eigenvalue weighted by Gasteiger charge is 2.42. The molecule has 1 atom stereocenters. The van der Waals surface area contributed by atoms with Gasteiger partial charge in [0.1, 0.15) is 0 Å². The highest BCUT2D eigenvalue weighted by molar-refractivity contribution is 6.05. The zero-order valence-electron chi connectivity index (χ0n) is 11.6. The van der Waals surface area contributed by atoms with Crippen LogP contribution >= 0.6 is 0 Å². The Morgan fingerprint density at radius 3 is 2.47 bits per heavy atom. The summed E-state index contributed by atoms with van der Waals surface area (Å²) < 4.78 is 0. The van der Waals surface area contributed by atoms with Crippen LogP contribution in [0, 0.1) is 5.92 Å². The Hall–Kier alpha value is -0.900. The van der Waals surface area contributed by atoms with Gasteiger partial charge in [0, 0.05) is 6.04 Å². The van der Waals surface area contributed by atoms with E-state index in [-0.39, 0.29) is 23.9 Å². The van der Waals surface area contributed by atoms with E-state index in [0.29, 0.717) is 6.42 Å². The van der Waals surface area contributed by atoms with Crippen LogP contribution in [0.25, 0.3) is 0 Å². The van der Waals surface area contributed by atoms with Crippen LogP contribution < -0.4 is 5.32 Å². The Morgan fingerprint density at radius 1 is 1.05 bits per heavy atom. The zero-order valence-corrected chi connectivity index (χ0v) is 11.6. The number of carbonyl (C=O) groups is 2. The molecule has 0 aromatic carbocycles. The summed E-state index contributed by atoms with van der Waals surface area (Å²) in [7, 11) is 0. The molecule has 19 heavy (non-hydrogen) atoms. The van der Waals surface area contributed by atoms with Crippen molar-refractivity contribution in [3.63, 3.8) is 0 Å². The molecule has 0 bridgehead atoms. The molecule has 0 spiro atoms. The normalized spacial score (nSPS) is 29.3. The van der Waals surface area contributed by atoms with E-state index in [2.05, 4.69) is 5.32 Å². The van der Waals surface area contributed by atoms with Crippen molar-refractivity contribution in [2.75, 3.05) is 6.54 Å². The minimum Gasteiger partial charge on any atom is -0.305 e. The average molecular weight is 264 g/mol. The van der Waals surface area contributed by atoms with E-state index in [0.717, 1.165) is 44.6 Å². The van der Waals surface area contributed by atoms with E-state index in [1.165, 1.54) is 19.3 Å². The van der Waals surface area contributed by atoms with Gasteiger partial charge in [0.15, 0.2) is 0 Å². The predicted molar refractivity (Wildman–Crippen MR) is 72.5 cm³/mol. The Bertz CT molecular complexity index is 359. The second-order valence-electron chi connectivity index (χ2n) is 6.34. The lowest BCUT2D eigenvalue weighted by Gasteiger charge is -2.29. The fourth-order valence-corrected chi connectivity index (χ4v) is 3.40. The largest absolute Gasteiger partial charge is 0.305 e. The van der Waals surface area contributed by atoms with Crippen LogP contribution in [0.1, 0.15) is 57.8 Å². The number of carbonyl (C=O) groups excluding carboxylic acids is 2. The number of nitrogens with one attached hydrogen (secondary N) is 1. The molecule has 3 rings (SSSR count). The monoisotopic (exact) mass is 264 g/mol. The maximum absolute atomic E-state index is 12.3. The zero-order chi connectivity index (χ0) is 13.2. The highest BCUT2D eigenvalue weighted by atomic mass is 16.2. The van der Waals surface area contributed by atoms with Crippen molar-refractivity contribution >= 4 is 11.8 Å². The van der Waals surface area contributed by atoms with Gasteiger partial charge in [0.2, 0.25) is 11.8 Å². The van der Waals surface area contributed by atoms with Crippen LogP contribution in [-0.2, 0) is 9.59 Å². The molecule has 0 aromatic rings. The summed E-state index contributed by atoms with van der Waals surface area (Å²) in [5, 5.41) is 3.29. The first kappa shape index (κ1) is 13.1. The van der Waals surface area contributed by atoms with E-state index in [1.54, 1.807) is 4.90 Å². The summed E-state index contributed by atoms with van der Waals surface area (Å²) in [5.74, 6) is 0.947. The van der Waals surface area contributed by atoms with Crippen molar-refractivity contribution in [3.8, 4) is 0 Å². The summed E-state index contributed by atoms with van der Waals surface area (Å²) in [6.45, 7) is 0.882. The summed E-state index contributed by atoms with van der Waals surface area (Å²) in [5.41, 5.74) is 0. The molecular weight excluding hydrogens is 240 g/mol. The van der Waals surface area contributed by atoms with Crippen molar-refractivity contribution in [1.82, 2.24) is 10.2 Å². The van der Waals surface area contributed by atoms with E-state index in [9.17, 15) is 9.59 Å². The van der Waals surface area contributed by atoms with Gasteiger partial charge in [-0.15, -0.1) is 0 Å². The third-order valence-electron chi connectivity index (χ3n) is 4.76. The molecular formula is C15H24N2O2. The Balaban J connectivity index is 1.53. The predicted octanol–water partition coefficient (Wildman–Crippen LogP) is 1.84. The van der Waals surface area contributed by atoms with Crippen molar-refractivity contribution in [2.45, 2.75) is 69.9 Å². The van der Waals surface area contributed by atoms with E-state index in [4.69, 9.17) is 0 Å². The maximum atomic E-state index is 12.3. The van der Waals surface area contributed by atoms with Crippen LogP contribution in [0.3, 0.4) is 0 Å². The van der Waals surface area contributed by atoms with Gasteiger partial charge in [-0.1, -0.05) is 32.1 Å². The van der Waals surface area contributed by atoms with Gasteiger partial charge in [-0.05, 0) is 31.7 Å². The smallest absolute Gasteiger partial charge is 0.247 e. The lowest BCUT2D eigenvalue weighted by Crippen LogP contribution is -2.44. The van der Waals surface area contributed by atoms with Gasteiger partial charge in [0.25, 0.3) is 0 Å². The number of hydrogen-bond donors (Lipinski definition) is 1. The van der Waals surface area contributed by atoms with E-state index >= 15 is 0 Å². The fourth-order valence-electron chi connectivity index (χ4n) is 3.40. The summed E-state index contributed by atoms with van der Waals surface area (Å²) in [6.07, 6.45) is 9.78. The molecule has 3 aliphatic rings. The molecule has 0 aromatic heterocycles. The highest BCUT2D eigenvalue weighted by Crippen LogP contribution is 2.32. The van der Waals surface area contributed by atoms with Crippen LogP contribution in [0.2, 0.25) is 0 Å². The number of nitrogens with zero attached hydrogens (tertiary/aromatic N) is 1. The van der Waals surface area contributed by atoms with Crippen LogP contribution in [0.15, 0.2) is 0 Å². The molecule has 1 saturated heterocycles.